The van der Waals surface area contributed by atoms with Crippen LogP contribution < -0.4 is 16.0 Å². The Morgan fingerprint density at radius 1 is 1.13 bits per heavy atom. The van der Waals surface area contributed by atoms with Crippen LogP contribution in [0.2, 0.25) is 0 Å². The summed E-state index contributed by atoms with van der Waals surface area (Å²) in [5, 5.41) is 3.65. The monoisotopic (exact) mass is 326 g/mol. The van der Waals surface area contributed by atoms with Crippen molar-refractivity contribution >= 4 is 33.8 Å². The van der Waals surface area contributed by atoms with Gasteiger partial charge in [0.1, 0.15) is 0 Å². The van der Waals surface area contributed by atoms with Gasteiger partial charge < -0.3 is 16.0 Å². The summed E-state index contributed by atoms with van der Waals surface area (Å²) in [6.45, 7) is 1.93. The Morgan fingerprint density at radius 3 is 2.48 bits per heavy atom. The van der Waals surface area contributed by atoms with E-state index >= 15 is 0 Å². The average molecular weight is 326 g/mol. The van der Waals surface area contributed by atoms with Gasteiger partial charge in [-0.15, -0.1) is 0 Å². The van der Waals surface area contributed by atoms with Crippen LogP contribution in [0.1, 0.15) is 5.69 Å². The predicted octanol–water partition coefficient (Wildman–Crippen LogP) is 3.30. The number of benzene rings is 1. The molecular weight excluding hydrogens is 308 g/mol. The lowest BCUT2D eigenvalue weighted by atomic mass is 10.2. The third-order valence-electron chi connectivity index (χ3n) is 3.53. The number of hydrogen-bond acceptors (Lipinski definition) is 7. The van der Waals surface area contributed by atoms with Gasteiger partial charge >= 0.3 is 0 Å². The van der Waals surface area contributed by atoms with E-state index in [9.17, 15) is 0 Å². The Hall–Kier alpha value is -2.67. The molecule has 0 radical (unpaired) electrons. The van der Waals surface area contributed by atoms with Crippen molar-refractivity contribution in [2.45, 2.75) is 6.92 Å². The summed E-state index contributed by atoms with van der Waals surface area (Å²) in [5.41, 5.74) is 9.58. The molecular formula is C16H18N6S. The number of nitrogens with two attached hydrogens (primary N) is 1. The van der Waals surface area contributed by atoms with Crippen molar-refractivity contribution in [3.8, 4) is 10.6 Å². The summed E-state index contributed by atoms with van der Waals surface area (Å²) in [7, 11) is 3.84. The van der Waals surface area contributed by atoms with Gasteiger partial charge in [0.15, 0.2) is 5.13 Å². The average Bonchev–Trinajstić information content (AvgIpc) is 2.93. The number of nitrogen functional groups attached to an aromatic ring is 1. The van der Waals surface area contributed by atoms with E-state index in [1.165, 1.54) is 11.3 Å². The predicted molar refractivity (Wildman–Crippen MR) is 96.3 cm³/mol. The van der Waals surface area contributed by atoms with Gasteiger partial charge in [0.25, 0.3) is 0 Å². The van der Waals surface area contributed by atoms with Gasteiger partial charge in [0, 0.05) is 31.7 Å². The molecule has 0 unspecified atom stereocenters. The molecule has 3 rings (SSSR count). The van der Waals surface area contributed by atoms with Gasteiger partial charge in [-0.2, -0.15) is 0 Å². The molecule has 0 spiro atoms. The maximum absolute atomic E-state index is 5.78. The normalized spacial score (nSPS) is 10.6. The molecule has 2 aromatic heterocycles. The van der Waals surface area contributed by atoms with Crippen molar-refractivity contribution in [1.82, 2.24) is 15.0 Å². The van der Waals surface area contributed by atoms with Crippen LogP contribution in [0.15, 0.2) is 36.5 Å². The zero-order valence-corrected chi connectivity index (χ0v) is 14.1. The van der Waals surface area contributed by atoms with E-state index < -0.39 is 0 Å². The summed E-state index contributed by atoms with van der Waals surface area (Å²) in [6, 6.07) is 9.96. The number of anilines is 4. The van der Waals surface area contributed by atoms with Crippen molar-refractivity contribution in [3.63, 3.8) is 0 Å². The largest absolute Gasteiger partial charge is 0.388 e. The molecule has 1 aromatic carbocycles. The summed E-state index contributed by atoms with van der Waals surface area (Å²) in [4.78, 5) is 16.2. The Bertz CT molecular complexity index is 812. The first-order valence-corrected chi connectivity index (χ1v) is 7.98. The van der Waals surface area contributed by atoms with Crippen LogP contribution >= 0.6 is 11.3 Å². The van der Waals surface area contributed by atoms with Gasteiger partial charge in [-0.1, -0.05) is 11.3 Å². The van der Waals surface area contributed by atoms with Crippen LogP contribution in [0.5, 0.6) is 0 Å². The fraction of sp³-hybridized carbons (Fsp3) is 0.188. The molecule has 0 saturated carbocycles. The lowest BCUT2D eigenvalue weighted by Crippen LogP contribution is -2.13. The van der Waals surface area contributed by atoms with Crippen molar-refractivity contribution < 1.29 is 0 Å². The molecule has 0 fully saturated rings. The fourth-order valence-electron chi connectivity index (χ4n) is 2.26. The Kier molecular flexibility index (Phi) is 4.12. The zero-order valence-electron chi connectivity index (χ0n) is 13.2. The molecule has 0 aliphatic heterocycles. The number of hydrogen-bond donors (Lipinski definition) is 2. The number of rotatable bonds is 4. The second kappa shape index (κ2) is 6.21. The minimum atomic E-state index is 0.550. The van der Waals surface area contributed by atoms with Crippen LogP contribution in [0.4, 0.5) is 22.5 Å². The van der Waals surface area contributed by atoms with E-state index in [2.05, 4.69) is 20.3 Å². The molecule has 7 heteroatoms. The molecule has 6 nitrogen and oxygen atoms in total. The van der Waals surface area contributed by atoms with Gasteiger partial charge in [-0.25, -0.2) is 15.0 Å². The second-order valence-corrected chi connectivity index (χ2v) is 6.10. The molecule has 118 valence electrons. The Balaban J connectivity index is 1.93. The van der Waals surface area contributed by atoms with Gasteiger partial charge in [-0.05, 0) is 37.3 Å². The molecule has 2 heterocycles. The maximum atomic E-state index is 5.78. The number of aryl methyl sites for hydroxylation is 1. The van der Waals surface area contributed by atoms with Crippen LogP contribution in [0, 0.1) is 6.92 Å². The third-order valence-corrected chi connectivity index (χ3v) is 4.54. The Morgan fingerprint density at radius 2 is 1.87 bits per heavy atom. The minimum absolute atomic E-state index is 0.550. The first-order valence-electron chi connectivity index (χ1n) is 7.16. The lowest BCUT2D eigenvalue weighted by Gasteiger charge is -2.18. The molecule has 0 aliphatic rings. The molecule has 23 heavy (non-hydrogen) atoms. The highest BCUT2D eigenvalue weighted by molar-refractivity contribution is 7.18. The molecule has 0 bridgehead atoms. The van der Waals surface area contributed by atoms with Crippen LogP contribution in [-0.2, 0) is 0 Å². The smallest absolute Gasteiger partial charge is 0.230 e. The van der Waals surface area contributed by atoms with Gasteiger partial charge in [0.05, 0.1) is 16.3 Å². The van der Waals surface area contributed by atoms with E-state index in [1.54, 1.807) is 6.20 Å². The van der Waals surface area contributed by atoms with Gasteiger partial charge in [0.2, 0.25) is 5.95 Å². The molecule has 0 saturated heterocycles. The fourth-order valence-corrected chi connectivity index (χ4v) is 3.06. The SMILES string of the molecule is CNc1ccc(N(C)c2nccc(-c3sc(N)nc3C)n2)cc1. The molecule has 0 amide bonds. The summed E-state index contributed by atoms with van der Waals surface area (Å²) < 4.78 is 0. The van der Waals surface area contributed by atoms with E-state index in [1.807, 2.05) is 56.3 Å². The highest BCUT2D eigenvalue weighted by Gasteiger charge is 2.13. The quantitative estimate of drug-likeness (QED) is 0.766. The van der Waals surface area contributed by atoms with E-state index in [4.69, 9.17) is 5.73 Å². The first-order chi connectivity index (χ1) is 11.1. The van der Waals surface area contributed by atoms with Crippen molar-refractivity contribution in [3.05, 3.63) is 42.2 Å². The number of thiazole rings is 1. The first kappa shape index (κ1) is 15.2. The van der Waals surface area contributed by atoms with Crippen molar-refractivity contribution in [1.29, 1.82) is 0 Å². The number of nitrogens with zero attached hydrogens (tertiary/aromatic N) is 4. The standard InChI is InChI=1S/C16H18N6S/c1-10-14(23-15(17)20-10)13-8-9-19-16(21-13)22(3)12-6-4-11(18-2)5-7-12/h4-9,18H,1-3H3,(H2,17,20). The maximum Gasteiger partial charge on any atom is 0.230 e. The van der Waals surface area contributed by atoms with Gasteiger partial charge in [-0.3, -0.25) is 0 Å². The van der Waals surface area contributed by atoms with Crippen LogP contribution in [-0.4, -0.2) is 29.0 Å². The summed E-state index contributed by atoms with van der Waals surface area (Å²) in [6.07, 6.45) is 1.76. The summed E-state index contributed by atoms with van der Waals surface area (Å²) in [5.74, 6) is 0.631. The van der Waals surface area contributed by atoms with Crippen LogP contribution in [0.25, 0.3) is 10.6 Å². The Labute approximate surface area is 139 Å². The zero-order chi connectivity index (χ0) is 16.4. The highest BCUT2D eigenvalue weighted by Crippen LogP contribution is 2.31. The molecule has 3 N–H and O–H groups in total. The molecule has 3 aromatic rings. The lowest BCUT2D eigenvalue weighted by molar-refractivity contribution is 1.05. The topological polar surface area (TPSA) is 80.0 Å². The second-order valence-electron chi connectivity index (χ2n) is 5.06. The minimum Gasteiger partial charge on any atom is -0.388 e. The number of nitrogens with one attached hydrogen (secondary N) is 1. The highest BCUT2D eigenvalue weighted by atomic mass is 32.1. The summed E-state index contributed by atoms with van der Waals surface area (Å²) >= 11 is 1.44. The van der Waals surface area contributed by atoms with E-state index in [0.717, 1.165) is 27.6 Å². The van der Waals surface area contributed by atoms with Crippen molar-refractivity contribution in [2.75, 3.05) is 30.0 Å². The van der Waals surface area contributed by atoms with E-state index in [0.29, 0.717) is 11.1 Å². The number of aromatic nitrogens is 3. The molecule has 0 atom stereocenters. The third kappa shape index (κ3) is 3.09. The van der Waals surface area contributed by atoms with E-state index in [-0.39, 0.29) is 0 Å². The molecule has 0 aliphatic carbocycles. The van der Waals surface area contributed by atoms with Crippen molar-refractivity contribution in [2.24, 2.45) is 0 Å². The van der Waals surface area contributed by atoms with Crippen LogP contribution in [0.3, 0.4) is 0 Å².